The normalized spacial score (nSPS) is 11.7. The lowest BCUT2D eigenvalue weighted by atomic mass is 10.2. The van der Waals surface area contributed by atoms with Crippen LogP contribution in [0.15, 0.2) is 34.7 Å². The highest BCUT2D eigenvalue weighted by Gasteiger charge is 2.17. The van der Waals surface area contributed by atoms with Crippen molar-refractivity contribution in [1.29, 1.82) is 0 Å². The van der Waals surface area contributed by atoms with Crippen LogP contribution in [0, 0.1) is 5.92 Å². The molecular weight excluding hydrogens is 266 g/mol. The van der Waals surface area contributed by atoms with Gasteiger partial charge in [0.1, 0.15) is 5.58 Å². The number of ether oxygens (including phenoxy) is 1. The second-order valence-electron chi connectivity index (χ2n) is 5.69. The van der Waals surface area contributed by atoms with Crippen LogP contribution in [0.3, 0.4) is 0 Å². The Bertz CT molecular complexity index is 555. The molecule has 0 aliphatic rings. The summed E-state index contributed by atoms with van der Waals surface area (Å²) in [5.41, 5.74) is 0.758. The lowest BCUT2D eigenvalue weighted by molar-refractivity contribution is 0.0857. The van der Waals surface area contributed by atoms with Crippen LogP contribution in [-0.4, -0.2) is 44.0 Å². The van der Waals surface area contributed by atoms with Crippen molar-refractivity contribution in [2.75, 3.05) is 33.4 Å². The van der Waals surface area contributed by atoms with E-state index in [4.69, 9.17) is 9.15 Å². The molecule has 0 aliphatic heterocycles. The maximum absolute atomic E-state index is 12.4. The van der Waals surface area contributed by atoms with Crippen LogP contribution in [0.1, 0.15) is 24.4 Å². The molecule has 21 heavy (non-hydrogen) atoms. The molecule has 2 aromatic rings. The monoisotopic (exact) mass is 289 g/mol. The Morgan fingerprint density at radius 2 is 2.10 bits per heavy atom. The smallest absolute Gasteiger partial charge is 0.211 e. The molecule has 2 rings (SSSR count). The van der Waals surface area contributed by atoms with E-state index >= 15 is 0 Å². The minimum Gasteiger partial charge on any atom is -0.453 e. The summed E-state index contributed by atoms with van der Waals surface area (Å²) in [6.07, 6.45) is 0. The maximum Gasteiger partial charge on any atom is 0.211 e. The summed E-state index contributed by atoms with van der Waals surface area (Å²) in [4.78, 5) is 14.5. The average molecular weight is 289 g/mol. The summed E-state index contributed by atoms with van der Waals surface area (Å²) in [6, 6.07) is 9.50. The molecule has 0 spiro atoms. The first-order valence-electron chi connectivity index (χ1n) is 7.33. The van der Waals surface area contributed by atoms with Crippen molar-refractivity contribution in [3.8, 4) is 0 Å². The van der Waals surface area contributed by atoms with E-state index in [0.717, 1.165) is 24.1 Å². The number of carbonyl (C=O) groups excluding carboxylic acids is 1. The molecule has 0 atom stereocenters. The van der Waals surface area contributed by atoms with Gasteiger partial charge in [-0.2, -0.15) is 0 Å². The van der Waals surface area contributed by atoms with E-state index in [9.17, 15) is 4.79 Å². The number of ketones is 1. The molecule has 0 amide bonds. The molecule has 114 valence electrons. The number of benzene rings is 1. The Hall–Kier alpha value is -1.65. The third-order valence-corrected chi connectivity index (χ3v) is 3.30. The summed E-state index contributed by atoms with van der Waals surface area (Å²) in [6.45, 7) is 6.90. The van der Waals surface area contributed by atoms with Crippen molar-refractivity contribution in [2.24, 2.45) is 5.92 Å². The minimum absolute atomic E-state index is 0.0166. The Morgan fingerprint density at radius 3 is 2.76 bits per heavy atom. The Kier molecular flexibility index (Phi) is 5.53. The number of rotatable bonds is 8. The molecule has 1 aromatic heterocycles. The van der Waals surface area contributed by atoms with Crippen molar-refractivity contribution in [2.45, 2.75) is 13.8 Å². The van der Waals surface area contributed by atoms with Crippen molar-refractivity contribution in [3.63, 3.8) is 0 Å². The summed E-state index contributed by atoms with van der Waals surface area (Å²) in [5, 5.41) is 0.966. The first-order valence-corrected chi connectivity index (χ1v) is 7.33. The number of furan rings is 1. The molecule has 1 aromatic carbocycles. The van der Waals surface area contributed by atoms with Gasteiger partial charge in [-0.1, -0.05) is 32.0 Å². The summed E-state index contributed by atoms with van der Waals surface area (Å²) in [5.74, 6) is 0.954. The van der Waals surface area contributed by atoms with Gasteiger partial charge < -0.3 is 9.15 Å². The largest absolute Gasteiger partial charge is 0.453 e. The highest BCUT2D eigenvalue weighted by molar-refractivity contribution is 5.98. The van der Waals surface area contributed by atoms with Crippen LogP contribution >= 0.6 is 0 Å². The predicted molar refractivity (Wildman–Crippen MR) is 83.7 cm³/mol. The van der Waals surface area contributed by atoms with Gasteiger partial charge in [0.05, 0.1) is 13.2 Å². The van der Waals surface area contributed by atoms with Gasteiger partial charge in [-0.25, -0.2) is 0 Å². The summed E-state index contributed by atoms with van der Waals surface area (Å²) in [7, 11) is 1.68. The van der Waals surface area contributed by atoms with E-state index < -0.39 is 0 Å². The van der Waals surface area contributed by atoms with Crippen LogP contribution in [0.4, 0.5) is 0 Å². The second kappa shape index (κ2) is 7.38. The Labute approximate surface area is 125 Å². The van der Waals surface area contributed by atoms with Gasteiger partial charge in [0.25, 0.3) is 0 Å². The molecule has 0 N–H and O–H groups in total. The topological polar surface area (TPSA) is 42.7 Å². The van der Waals surface area contributed by atoms with E-state index in [1.807, 2.05) is 30.3 Å². The fourth-order valence-corrected chi connectivity index (χ4v) is 2.37. The van der Waals surface area contributed by atoms with Gasteiger partial charge in [0.2, 0.25) is 5.78 Å². The highest BCUT2D eigenvalue weighted by atomic mass is 16.5. The van der Waals surface area contributed by atoms with Crippen molar-refractivity contribution >= 4 is 16.8 Å². The molecule has 4 heteroatoms. The first kappa shape index (κ1) is 15.7. The van der Waals surface area contributed by atoms with E-state index in [1.165, 1.54) is 0 Å². The SMILES string of the molecule is COCCN(CC(=O)c1cc2ccccc2o1)CC(C)C. The van der Waals surface area contributed by atoms with Crippen LogP contribution in [-0.2, 0) is 4.74 Å². The van der Waals surface area contributed by atoms with E-state index in [2.05, 4.69) is 18.7 Å². The third-order valence-electron chi connectivity index (χ3n) is 3.30. The zero-order valence-electron chi connectivity index (χ0n) is 13.0. The molecule has 0 saturated carbocycles. The molecule has 4 nitrogen and oxygen atoms in total. The number of para-hydroxylation sites is 1. The third kappa shape index (κ3) is 4.41. The number of carbonyl (C=O) groups is 1. The van der Waals surface area contributed by atoms with Crippen molar-refractivity contribution in [1.82, 2.24) is 4.90 Å². The van der Waals surface area contributed by atoms with Gasteiger partial charge in [0, 0.05) is 25.6 Å². The van der Waals surface area contributed by atoms with E-state index in [1.54, 1.807) is 7.11 Å². The average Bonchev–Trinajstić information content (AvgIpc) is 2.88. The van der Waals surface area contributed by atoms with Crippen LogP contribution in [0.2, 0.25) is 0 Å². The fourth-order valence-electron chi connectivity index (χ4n) is 2.37. The Balaban J connectivity index is 2.06. The molecule has 0 aliphatic carbocycles. The lowest BCUT2D eigenvalue weighted by Gasteiger charge is -2.22. The van der Waals surface area contributed by atoms with Gasteiger partial charge >= 0.3 is 0 Å². The molecule has 0 radical (unpaired) electrons. The summed E-state index contributed by atoms with van der Waals surface area (Å²) >= 11 is 0. The van der Waals surface area contributed by atoms with E-state index in [0.29, 0.717) is 24.8 Å². The van der Waals surface area contributed by atoms with Crippen LogP contribution in [0.5, 0.6) is 0 Å². The highest BCUT2D eigenvalue weighted by Crippen LogP contribution is 2.19. The number of hydrogen-bond acceptors (Lipinski definition) is 4. The number of fused-ring (bicyclic) bond motifs is 1. The maximum atomic E-state index is 12.4. The van der Waals surface area contributed by atoms with Crippen molar-refractivity contribution < 1.29 is 13.9 Å². The van der Waals surface area contributed by atoms with Crippen LogP contribution in [0.25, 0.3) is 11.0 Å². The zero-order valence-corrected chi connectivity index (χ0v) is 13.0. The van der Waals surface area contributed by atoms with Crippen LogP contribution < -0.4 is 0 Å². The second-order valence-corrected chi connectivity index (χ2v) is 5.69. The Morgan fingerprint density at radius 1 is 1.33 bits per heavy atom. The molecule has 1 heterocycles. The van der Waals surface area contributed by atoms with Gasteiger partial charge in [-0.15, -0.1) is 0 Å². The van der Waals surface area contributed by atoms with Gasteiger partial charge in [-0.05, 0) is 18.1 Å². The first-order chi connectivity index (χ1) is 10.1. The van der Waals surface area contributed by atoms with Gasteiger partial charge in [-0.3, -0.25) is 9.69 Å². The number of methoxy groups -OCH3 is 1. The number of hydrogen-bond donors (Lipinski definition) is 0. The lowest BCUT2D eigenvalue weighted by Crippen LogP contribution is -2.35. The quantitative estimate of drug-likeness (QED) is 0.700. The molecule has 0 fully saturated rings. The zero-order chi connectivity index (χ0) is 15.2. The molecule has 0 bridgehead atoms. The number of Topliss-reactive ketones (excluding diaryl/α,β-unsaturated/α-hetero) is 1. The van der Waals surface area contributed by atoms with E-state index in [-0.39, 0.29) is 5.78 Å². The fraction of sp³-hybridized carbons (Fsp3) is 0.471. The molecule has 0 saturated heterocycles. The standard InChI is InChI=1S/C17H23NO3/c1-13(2)11-18(8-9-20-3)12-15(19)17-10-14-6-4-5-7-16(14)21-17/h4-7,10,13H,8-9,11-12H2,1-3H3. The minimum atomic E-state index is 0.0166. The summed E-state index contributed by atoms with van der Waals surface area (Å²) < 4.78 is 10.7. The molecular formula is C17H23NO3. The van der Waals surface area contributed by atoms with Crippen molar-refractivity contribution in [3.05, 3.63) is 36.1 Å². The predicted octanol–water partition coefficient (Wildman–Crippen LogP) is 3.22. The molecule has 0 unspecified atom stereocenters. The van der Waals surface area contributed by atoms with Gasteiger partial charge in [0.15, 0.2) is 5.76 Å². The number of nitrogens with zero attached hydrogens (tertiary/aromatic N) is 1.